The van der Waals surface area contributed by atoms with E-state index in [9.17, 15) is 0 Å². The van der Waals surface area contributed by atoms with Gasteiger partial charge in [-0.15, -0.1) is 0 Å². The molecule has 3 heterocycles. The minimum Gasteiger partial charge on any atom is -0.316 e. The van der Waals surface area contributed by atoms with Gasteiger partial charge in [0.25, 0.3) is 0 Å². The number of imidazole rings is 1. The number of hydrogen-bond acceptors (Lipinski definition) is 4. The number of nitrogens with zero attached hydrogens (tertiary/aromatic N) is 5. The van der Waals surface area contributed by atoms with E-state index in [-0.39, 0.29) is 5.54 Å². The highest BCUT2D eigenvalue weighted by Crippen LogP contribution is 2.39. The maximum atomic E-state index is 4.89. The molecule has 1 aliphatic rings. The molecule has 0 aliphatic carbocycles. The molecule has 4 rings (SSSR count). The largest absolute Gasteiger partial charge is 0.316 e. The summed E-state index contributed by atoms with van der Waals surface area (Å²) in [7, 11) is 2.09. The Morgan fingerprint density at radius 1 is 1.03 bits per heavy atom. The van der Waals surface area contributed by atoms with Crippen LogP contribution in [0.5, 0.6) is 0 Å². The Hall–Kier alpha value is -2.24. The van der Waals surface area contributed by atoms with Gasteiger partial charge >= 0.3 is 0 Å². The normalized spacial score (nSPS) is 16.8. The molecule has 0 N–H and O–H groups in total. The maximum Gasteiger partial charge on any atom is 0.159 e. The molecule has 5 nitrogen and oxygen atoms in total. The van der Waals surface area contributed by atoms with Crippen molar-refractivity contribution in [1.82, 2.24) is 24.3 Å². The van der Waals surface area contributed by atoms with Gasteiger partial charge in [0, 0.05) is 44.8 Å². The molecule has 32 heavy (non-hydrogen) atoms. The molecule has 0 unspecified atom stereocenters. The summed E-state index contributed by atoms with van der Waals surface area (Å²) in [5.74, 6) is 1.15. The van der Waals surface area contributed by atoms with Crippen LogP contribution in [0.3, 0.4) is 0 Å². The van der Waals surface area contributed by atoms with Crippen molar-refractivity contribution in [2.24, 2.45) is 7.05 Å². The second kappa shape index (κ2) is 10.1. The number of aromatic nitrogens is 3. The van der Waals surface area contributed by atoms with Crippen molar-refractivity contribution in [2.45, 2.75) is 65.0 Å². The molecule has 172 valence electrons. The van der Waals surface area contributed by atoms with E-state index in [4.69, 9.17) is 9.97 Å². The van der Waals surface area contributed by atoms with Gasteiger partial charge in [0.05, 0.1) is 0 Å². The zero-order valence-electron chi connectivity index (χ0n) is 20.3. The Balaban J connectivity index is 1.48. The van der Waals surface area contributed by atoms with Gasteiger partial charge in [-0.1, -0.05) is 57.5 Å². The standard InChI is InChI=1S/C27H39N5/c1-5-8-14-25-29-24-19-22(20-28-26(24)30(25)4)21-31-17-15-27(16-18-31,32(6-2)7-3)23-12-10-9-11-13-23/h9-13,19-20H,5-8,14-18,21H2,1-4H3. The third kappa shape index (κ3) is 4.46. The molecule has 0 amide bonds. The molecule has 3 aromatic rings. The van der Waals surface area contributed by atoms with E-state index in [1.807, 2.05) is 0 Å². The number of aryl methyl sites for hydroxylation is 2. The summed E-state index contributed by atoms with van der Waals surface area (Å²) in [6, 6.07) is 13.4. The molecule has 1 saturated heterocycles. The molecule has 0 spiro atoms. The molecule has 0 atom stereocenters. The lowest BCUT2D eigenvalue weighted by molar-refractivity contribution is 0.0217. The van der Waals surface area contributed by atoms with Gasteiger partial charge in [-0.05, 0) is 49.5 Å². The quantitative estimate of drug-likeness (QED) is 0.468. The van der Waals surface area contributed by atoms with Crippen molar-refractivity contribution < 1.29 is 0 Å². The second-order valence-corrected chi connectivity index (χ2v) is 9.22. The molecular weight excluding hydrogens is 394 g/mol. The van der Waals surface area contributed by atoms with E-state index in [0.29, 0.717) is 0 Å². The predicted octanol–water partition coefficient (Wildman–Crippen LogP) is 5.14. The molecular formula is C27H39N5. The van der Waals surface area contributed by atoms with Crippen LogP contribution in [0, 0.1) is 0 Å². The highest BCUT2D eigenvalue weighted by atomic mass is 15.2. The molecule has 1 fully saturated rings. The van der Waals surface area contributed by atoms with Gasteiger partial charge in [0.2, 0.25) is 0 Å². The third-order valence-corrected chi connectivity index (χ3v) is 7.38. The monoisotopic (exact) mass is 433 g/mol. The number of likely N-dealkylation sites (tertiary alicyclic amines) is 1. The Kier molecular flexibility index (Phi) is 7.27. The summed E-state index contributed by atoms with van der Waals surface area (Å²) in [4.78, 5) is 14.9. The van der Waals surface area contributed by atoms with Gasteiger partial charge in [0.1, 0.15) is 11.3 Å². The van der Waals surface area contributed by atoms with Gasteiger partial charge in [-0.3, -0.25) is 9.80 Å². The van der Waals surface area contributed by atoms with Crippen molar-refractivity contribution in [3.8, 4) is 0 Å². The van der Waals surface area contributed by atoms with E-state index in [1.54, 1.807) is 0 Å². The fourth-order valence-corrected chi connectivity index (χ4v) is 5.51. The Morgan fingerprint density at radius 2 is 1.75 bits per heavy atom. The molecule has 5 heteroatoms. The third-order valence-electron chi connectivity index (χ3n) is 7.38. The van der Waals surface area contributed by atoms with Crippen LogP contribution >= 0.6 is 0 Å². The van der Waals surface area contributed by atoms with E-state index >= 15 is 0 Å². The smallest absolute Gasteiger partial charge is 0.159 e. The number of hydrogen-bond donors (Lipinski definition) is 0. The summed E-state index contributed by atoms with van der Waals surface area (Å²) < 4.78 is 2.16. The van der Waals surface area contributed by atoms with Crippen LogP contribution in [-0.2, 0) is 25.6 Å². The summed E-state index contributed by atoms with van der Waals surface area (Å²) in [6.07, 6.45) is 7.77. The number of rotatable bonds is 9. The van der Waals surface area contributed by atoms with Gasteiger partial charge < -0.3 is 4.57 Å². The fraction of sp³-hybridized carbons (Fsp3) is 0.556. The first-order valence-corrected chi connectivity index (χ1v) is 12.4. The van der Waals surface area contributed by atoms with Crippen LogP contribution < -0.4 is 0 Å². The highest BCUT2D eigenvalue weighted by molar-refractivity contribution is 5.72. The van der Waals surface area contributed by atoms with E-state index in [2.05, 4.69) is 84.8 Å². The average Bonchev–Trinajstić information content (AvgIpc) is 3.15. The minimum atomic E-state index is 0.151. The number of fused-ring (bicyclic) bond motifs is 1. The second-order valence-electron chi connectivity index (χ2n) is 9.22. The summed E-state index contributed by atoms with van der Waals surface area (Å²) >= 11 is 0. The lowest BCUT2D eigenvalue weighted by atomic mass is 9.79. The first kappa shape index (κ1) is 22.9. The molecule has 0 bridgehead atoms. The first-order valence-electron chi connectivity index (χ1n) is 12.4. The van der Waals surface area contributed by atoms with Crippen LogP contribution in [0.25, 0.3) is 11.2 Å². The maximum absolute atomic E-state index is 4.89. The zero-order chi connectivity index (χ0) is 22.6. The average molecular weight is 434 g/mol. The molecule has 0 saturated carbocycles. The Morgan fingerprint density at radius 3 is 2.41 bits per heavy atom. The van der Waals surface area contributed by atoms with E-state index < -0.39 is 0 Å². The van der Waals surface area contributed by atoms with Crippen LogP contribution in [0.1, 0.15) is 63.4 Å². The van der Waals surface area contributed by atoms with Crippen molar-refractivity contribution >= 4 is 11.2 Å². The van der Waals surface area contributed by atoms with Crippen LogP contribution in [0.4, 0.5) is 0 Å². The summed E-state index contributed by atoms with van der Waals surface area (Å²) in [5.41, 5.74) is 4.93. The van der Waals surface area contributed by atoms with Crippen LogP contribution in [-0.4, -0.2) is 50.5 Å². The zero-order valence-corrected chi connectivity index (χ0v) is 20.3. The first-order chi connectivity index (χ1) is 15.6. The lowest BCUT2D eigenvalue weighted by Gasteiger charge is -2.49. The van der Waals surface area contributed by atoms with E-state index in [1.165, 1.54) is 36.8 Å². The summed E-state index contributed by atoms with van der Waals surface area (Å²) in [6.45, 7) is 12.2. The topological polar surface area (TPSA) is 37.2 Å². The number of pyridine rings is 1. The van der Waals surface area contributed by atoms with Gasteiger partial charge in [0.15, 0.2) is 5.65 Å². The van der Waals surface area contributed by atoms with Gasteiger partial charge in [-0.25, -0.2) is 9.97 Å². The Bertz CT molecular complexity index is 998. The minimum absolute atomic E-state index is 0.151. The van der Waals surface area contributed by atoms with Crippen molar-refractivity contribution in [1.29, 1.82) is 0 Å². The number of benzene rings is 1. The fourth-order valence-electron chi connectivity index (χ4n) is 5.51. The molecule has 0 radical (unpaired) electrons. The lowest BCUT2D eigenvalue weighted by Crippen LogP contribution is -2.53. The van der Waals surface area contributed by atoms with Crippen molar-refractivity contribution in [2.75, 3.05) is 26.2 Å². The molecule has 2 aromatic heterocycles. The predicted molar refractivity (Wildman–Crippen MR) is 133 cm³/mol. The van der Waals surface area contributed by atoms with Crippen molar-refractivity contribution in [3.63, 3.8) is 0 Å². The SMILES string of the molecule is CCCCc1nc2cc(CN3CCC(c4ccccc4)(N(CC)CC)CC3)cnc2n1C. The van der Waals surface area contributed by atoms with E-state index in [0.717, 1.165) is 56.1 Å². The van der Waals surface area contributed by atoms with Crippen molar-refractivity contribution in [3.05, 3.63) is 59.5 Å². The molecule has 1 aromatic carbocycles. The highest BCUT2D eigenvalue weighted by Gasteiger charge is 2.39. The van der Waals surface area contributed by atoms with Crippen LogP contribution in [0.15, 0.2) is 42.6 Å². The number of piperidine rings is 1. The molecule has 1 aliphatic heterocycles. The Labute approximate surface area is 193 Å². The van der Waals surface area contributed by atoms with Gasteiger partial charge in [-0.2, -0.15) is 0 Å². The van der Waals surface area contributed by atoms with Crippen LogP contribution in [0.2, 0.25) is 0 Å². The number of unbranched alkanes of at least 4 members (excludes halogenated alkanes) is 1. The summed E-state index contributed by atoms with van der Waals surface area (Å²) in [5, 5.41) is 0.